The number of imidazole rings is 1. The normalized spacial score (nSPS) is 16.8. The fourth-order valence-corrected chi connectivity index (χ4v) is 4.64. The van der Waals surface area contributed by atoms with E-state index in [9.17, 15) is 13.2 Å². The van der Waals surface area contributed by atoms with Crippen LogP contribution in [0.5, 0.6) is 0 Å². The molecule has 1 amide bonds. The van der Waals surface area contributed by atoms with Gasteiger partial charge in [0, 0.05) is 33.1 Å². The van der Waals surface area contributed by atoms with E-state index < -0.39 is 10.0 Å². The molecule has 154 valence electrons. The van der Waals surface area contributed by atoms with Crippen molar-refractivity contribution >= 4 is 27.0 Å². The molecule has 1 aromatic carbocycles. The van der Waals surface area contributed by atoms with Crippen molar-refractivity contribution in [1.29, 1.82) is 0 Å². The van der Waals surface area contributed by atoms with E-state index in [2.05, 4.69) is 10.3 Å². The number of benzene rings is 1. The van der Waals surface area contributed by atoms with Crippen LogP contribution >= 0.6 is 0 Å². The molecular weight excluding hydrogens is 376 g/mol. The Bertz CT molecular complexity index is 913. The summed E-state index contributed by atoms with van der Waals surface area (Å²) in [5.41, 5.74) is 1.44. The van der Waals surface area contributed by atoms with Crippen LogP contribution in [0, 0.1) is 0 Å². The summed E-state index contributed by atoms with van der Waals surface area (Å²) in [5.74, 6) is 0.0687. The van der Waals surface area contributed by atoms with Crippen LogP contribution in [0.3, 0.4) is 0 Å². The molecule has 0 radical (unpaired) electrons. The molecule has 1 aliphatic rings. The van der Waals surface area contributed by atoms with Crippen molar-refractivity contribution < 1.29 is 13.2 Å². The predicted octanol–water partition coefficient (Wildman–Crippen LogP) is 2.91. The highest BCUT2D eigenvalue weighted by Gasteiger charge is 2.19. The monoisotopic (exact) mass is 406 g/mol. The van der Waals surface area contributed by atoms with E-state index >= 15 is 0 Å². The molecule has 3 rings (SSSR count). The topological polar surface area (TPSA) is 84.3 Å². The summed E-state index contributed by atoms with van der Waals surface area (Å²) in [5, 5.41) is 3.18. The van der Waals surface area contributed by atoms with Gasteiger partial charge in [0.25, 0.3) is 0 Å². The summed E-state index contributed by atoms with van der Waals surface area (Å²) in [6.07, 6.45) is 10.4. The Morgan fingerprint density at radius 3 is 2.54 bits per heavy atom. The zero-order valence-electron chi connectivity index (χ0n) is 16.7. The summed E-state index contributed by atoms with van der Waals surface area (Å²) >= 11 is 0. The number of carbonyl (C=O) groups excluding carboxylic acids is 1. The van der Waals surface area contributed by atoms with E-state index in [0.717, 1.165) is 18.4 Å². The number of carbonyl (C=O) groups is 1. The van der Waals surface area contributed by atoms with Gasteiger partial charge in [-0.2, -0.15) is 0 Å². The molecule has 1 saturated carbocycles. The summed E-state index contributed by atoms with van der Waals surface area (Å²) in [6, 6.07) is 5.22. The van der Waals surface area contributed by atoms with Crippen molar-refractivity contribution in [2.75, 3.05) is 14.1 Å². The molecule has 0 saturated heterocycles. The van der Waals surface area contributed by atoms with Gasteiger partial charge in [-0.1, -0.05) is 32.1 Å². The Hall–Kier alpha value is -1.93. The van der Waals surface area contributed by atoms with E-state index in [1.807, 2.05) is 4.57 Å². The van der Waals surface area contributed by atoms with Crippen LogP contribution in [0.1, 0.15) is 51.4 Å². The second-order valence-corrected chi connectivity index (χ2v) is 9.89. The lowest BCUT2D eigenvalue weighted by Gasteiger charge is -2.21. The number of nitrogens with zero attached hydrogens (tertiary/aromatic N) is 3. The van der Waals surface area contributed by atoms with Gasteiger partial charge >= 0.3 is 0 Å². The minimum Gasteiger partial charge on any atom is -0.353 e. The van der Waals surface area contributed by atoms with Crippen molar-refractivity contribution in [2.45, 2.75) is 68.8 Å². The van der Waals surface area contributed by atoms with Crippen molar-refractivity contribution in [2.24, 2.45) is 0 Å². The SMILES string of the molecule is CN(C)S(=O)(=O)c1ccc2c(c1)ncn2CCC(=O)NC1CCCCCCC1. The lowest BCUT2D eigenvalue weighted by Crippen LogP contribution is -2.35. The standard InChI is InChI=1S/C20H30N4O3S/c1-23(2)28(26,27)17-10-11-19-18(14-17)21-15-24(19)13-12-20(25)22-16-8-6-4-3-5-7-9-16/h10-11,14-16H,3-9,12-13H2,1-2H3,(H,22,25). The molecular formula is C20H30N4O3S. The molecule has 1 aromatic heterocycles. The molecule has 0 atom stereocenters. The van der Waals surface area contributed by atoms with E-state index in [1.54, 1.807) is 24.5 Å². The molecule has 0 spiro atoms. The molecule has 7 nitrogen and oxygen atoms in total. The molecule has 1 fully saturated rings. The molecule has 0 aliphatic heterocycles. The quantitative estimate of drug-likeness (QED) is 0.799. The molecule has 28 heavy (non-hydrogen) atoms. The van der Waals surface area contributed by atoms with Gasteiger partial charge in [0.15, 0.2) is 0 Å². The fourth-order valence-electron chi connectivity index (χ4n) is 3.72. The van der Waals surface area contributed by atoms with Crippen molar-refractivity contribution in [3.05, 3.63) is 24.5 Å². The molecule has 1 aliphatic carbocycles. The van der Waals surface area contributed by atoms with Gasteiger partial charge in [-0.15, -0.1) is 0 Å². The van der Waals surface area contributed by atoms with Crippen molar-refractivity contribution in [3.63, 3.8) is 0 Å². The number of hydrogen-bond acceptors (Lipinski definition) is 4. The van der Waals surface area contributed by atoms with Crippen LogP contribution in [0.15, 0.2) is 29.4 Å². The third-order valence-electron chi connectivity index (χ3n) is 5.42. The highest BCUT2D eigenvalue weighted by atomic mass is 32.2. The van der Waals surface area contributed by atoms with Gasteiger partial charge < -0.3 is 9.88 Å². The number of nitrogens with one attached hydrogen (secondary N) is 1. The first kappa shape index (κ1) is 20.8. The highest BCUT2D eigenvalue weighted by molar-refractivity contribution is 7.89. The molecule has 1 N–H and O–H groups in total. The third-order valence-corrected chi connectivity index (χ3v) is 7.23. The zero-order valence-corrected chi connectivity index (χ0v) is 17.5. The largest absolute Gasteiger partial charge is 0.353 e. The van der Waals surface area contributed by atoms with Crippen LogP contribution in [0.25, 0.3) is 11.0 Å². The van der Waals surface area contributed by atoms with Crippen LogP contribution in [-0.2, 0) is 21.4 Å². The number of hydrogen-bond donors (Lipinski definition) is 1. The first-order valence-corrected chi connectivity index (χ1v) is 11.5. The molecule has 8 heteroatoms. The van der Waals surface area contributed by atoms with E-state index in [1.165, 1.54) is 50.5 Å². The lowest BCUT2D eigenvalue weighted by molar-refractivity contribution is -0.122. The summed E-state index contributed by atoms with van der Waals surface area (Å²) in [6.45, 7) is 0.523. The van der Waals surface area contributed by atoms with Crippen LogP contribution < -0.4 is 5.32 Å². The summed E-state index contributed by atoms with van der Waals surface area (Å²) in [4.78, 5) is 16.9. The predicted molar refractivity (Wildman–Crippen MR) is 109 cm³/mol. The molecule has 1 heterocycles. The van der Waals surface area contributed by atoms with Crippen molar-refractivity contribution in [3.8, 4) is 0 Å². The number of aryl methyl sites for hydroxylation is 1. The Morgan fingerprint density at radius 1 is 1.18 bits per heavy atom. The van der Waals surface area contributed by atoms with E-state index in [4.69, 9.17) is 0 Å². The summed E-state index contributed by atoms with van der Waals surface area (Å²) in [7, 11) is -0.473. The highest BCUT2D eigenvalue weighted by Crippen LogP contribution is 2.21. The molecule has 0 bridgehead atoms. The Balaban J connectivity index is 1.62. The van der Waals surface area contributed by atoms with Gasteiger partial charge in [0.1, 0.15) is 0 Å². The first-order valence-electron chi connectivity index (χ1n) is 10.0. The number of sulfonamides is 1. The number of rotatable bonds is 6. The maximum atomic E-state index is 12.4. The van der Waals surface area contributed by atoms with Crippen LogP contribution in [-0.4, -0.2) is 48.3 Å². The lowest BCUT2D eigenvalue weighted by atomic mass is 9.96. The average molecular weight is 407 g/mol. The Kier molecular flexibility index (Phi) is 6.72. The van der Waals surface area contributed by atoms with Crippen LogP contribution in [0.4, 0.5) is 0 Å². The minimum atomic E-state index is -3.49. The third kappa shape index (κ3) is 4.91. The van der Waals surface area contributed by atoms with Crippen molar-refractivity contribution in [1.82, 2.24) is 19.2 Å². The average Bonchev–Trinajstić information content (AvgIpc) is 3.04. The zero-order chi connectivity index (χ0) is 20.1. The second kappa shape index (κ2) is 9.05. The molecule has 2 aromatic rings. The fraction of sp³-hybridized carbons (Fsp3) is 0.600. The first-order chi connectivity index (χ1) is 13.4. The van der Waals surface area contributed by atoms with Gasteiger partial charge in [0.05, 0.1) is 22.3 Å². The maximum absolute atomic E-state index is 12.4. The smallest absolute Gasteiger partial charge is 0.242 e. The minimum absolute atomic E-state index is 0.0687. The summed E-state index contributed by atoms with van der Waals surface area (Å²) < 4.78 is 27.6. The van der Waals surface area contributed by atoms with E-state index in [-0.39, 0.29) is 10.8 Å². The Morgan fingerprint density at radius 2 is 1.86 bits per heavy atom. The Labute approximate surface area is 167 Å². The van der Waals surface area contributed by atoms with E-state index in [0.29, 0.717) is 24.5 Å². The van der Waals surface area contributed by atoms with Gasteiger partial charge in [-0.3, -0.25) is 4.79 Å². The number of amides is 1. The van der Waals surface area contributed by atoms with Gasteiger partial charge in [-0.25, -0.2) is 17.7 Å². The van der Waals surface area contributed by atoms with Crippen LogP contribution in [0.2, 0.25) is 0 Å². The maximum Gasteiger partial charge on any atom is 0.242 e. The van der Waals surface area contributed by atoms with Gasteiger partial charge in [0.2, 0.25) is 15.9 Å². The molecule has 0 unspecified atom stereocenters. The number of aromatic nitrogens is 2. The van der Waals surface area contributed by atoms with Gasteiger partial charge in [-0.05, 0) is 31.0 Å². The number of fused-ring (bicyclic) bond motifs is 1. The second-order valence-electron chi connectivity index (χ2n) is 7.74.